The van der Waals surface area contributed by atoms with Crippen LogP contribution in [0, 0.1) is 5.92 Å². The fourth-order valence-electron chi connectivity index (χ4n) is 3.61. The molecule has 0 atom stereocenters. The van der Waals surface area contributed by atoms with Crippen LogP contribution in [0.5, 0.6) is 11.5 Å². The van der Waals surface area contributed by atoms with Crippen LogP contribution in [0.15, 0.2) is 17.3 Å². The van der Waals surface area contributed by atoms with E-state index in [-0.39, 0.29) is 0 Å². The number of halogens is 1. The highest BCUT2D eigenvalue weighted by Crippen LogP contribution is 2.39. The number of nitrogens with one attached hydrogen (secondary N) is 1. The summed E-state index contributed by atoms with van der Waals surface area (Å²) in [6, 6.07) is 3.95. The first-order valence-corrected chi connectivity index (χ1v) is 10.8. The molecule has 0 spiro atoms. The smallest absolute Gasteiger partial charge is 0.208 e. The van der Waals surface area contributed by atoms with E-state index in [0.29, 0.717) is 24.0 Å². The lowest BCUT2D eigenvalue weighted by Crippen LogP contribution is -1.97. The number of aromatic amines is 1. The van der Waals surface area contributed by atoms with Gasteiger partial charge in [0, 0.05) is 18.6 Å². The Labute approximate surface area is 163 Å². The number of thioether (sulfide) groups is 1. The summed E-state index contributed by atoms with van der Waals surface area (Å²) in [5, 5.41) is 8.81. The average molecular weight is 394 g/mol. The molecule has 1 aromatic heterocycles. The maximum Gasteiger partial charge on any atom is 0.208 e. The van der Waals surface area contributed by atoms with Crippen molar-refractivity contribution in [3.05, 3.63) is 28.5 Å². The molecule has 2 aliphatic rings. The lowest BCUT2D eigenvalue weighted by Gasteiger charge is -2.11. The van der Waals surface area contributed by atoms with E-state index in [0.717, 1.165) is 46.8 Å². The maximum atomic E-state index is 6.36. The number of aromatic nitrogens is 3. The molecule has 1 aliphatic heterocycles. The fourth-order valence-corrected chi connectivity index (χ4v) is 4.64. The molecule has 5 nitrogen and oxygen atoms in total. The topological polar surface area (TPSA) is 60.0 Å². The molecule has 0 unspecified atom stereocenters. The molecule has 0 amide bonds. The third-order valence-corrected chi connectivity index (χ3v) is 6.20. The largest absolute Gasteiger partial charge is 0.489 e. The van der Waals surface area contributed by atoms with Crippen LogP contribution in [0.1, 0.15) is 49.9 Å². The van der Waals surface area contributed by atoms with Gasteiger partial charge in [-0.05, 0) is 30.0 Å². The summed E-state index contributed by atoms with van der Waals surface area (Å²) in [6.07, 6.45) is 8.61. The summed E-state index contributed by atoms with van der Waals surface area (Å²) in [7, 11) is 0. The predicted molar refractivity (Wildman–Crippen MR) is 103 cm³/mol. The van der Waals surface area contributed by atoms with Crippen molar-refractivity contribution in [1.82, 2.24) is 15.2 Å². The number of hydrogen-bond donors (Lipinski definition) is 1. The van der Waals surface area contributed by atoms with E-state index in [9.17, 15) is 0 Å². The van der Waals surface area contributed by atoms with E-state index in [1.807, 2.05) is 12.1 Å². The van der Waals surface area contributed by atoms with Gasteiger partial charge in [0.25, 0.3) is 0 Å². The Hall–Kier alpha value is -1.40. The first-order valence-electron chi connectivity index (χ1n) is 9.40. The van der Waals surface area contributed by atoms with E-state index in [1.165, 1.54) is 32.1 Å². The summed E-state index contributed by atoms with van der Waals surface area (Å²) >= 11 is 7.97. The molecule has 0 saturated heterocycles. The molecule has 1 aromatic carbocycles. The Morgan fingerprint density at radius 3 is 2.88 bits per heavy atom. The molecule has 4 rings (SSSR count). The van der Waals surface area contributed by atoms with E-state index in [2.05, 4.69) is 15.2 Å². The van der Waals surface area contributed by atoms with Crippen LogP contribution in [0.4, 0.5) is 0 Å². The standard InChI is InChI=1S/C19H24ClN3O2S/c20-15-10-14(11-16-18(15)25-9-3-8-24-16)12-26-19-21-17(22-23-19)7-6-13-4-1-2-5-13/h10-11,13H,1-9,12H2,(H,21,22,23). The molecule has 7 heteroatoms. The van der Waals surface area contributed by atoms with Crippen molar-refractivity contribution in [2.75, 3.05) is 13.2 Å². The second kappa shape index (κ2) is 8.53. The third kappa shape index (κ3) is 4.46. The zero-order valence-electron chi connectivity index (χ0n) is 14.8. The van der Waals surface area contributed by atoms with Crippen molar-refractivity contribution in [3.63, 3.8) is 0 Å². The molecule has 1 aliphatic carbocycles. The maximum absolute atomic E-state index is 6.36. The summed E-state index contributed by atoms with van der Waals surface area (Å²) in [4.78, 5) is 4.62. The van der Waals surface area contributed by atoms with E-state index >= 15 is 0 Å². The molecule has 1 saturated carbocycles. The number of rotatable bonds is 6. The Morgan fingerprint density at radius 1 is 1.15 bits per heavy atom. The molecule has 2 heterocycles. The SMILES string of the molecule is Clc1cc(CSc2n[nH]c(CCC3CCCC3)n2)cc2c1OCCCO2. The lowest BCUT2D eigenvalue weighted by atomic mass is 10.0. The molecular formula is C19H24ClN3O2S. The van der Waals surface area contributed by atoms with Crippen molar-refractivity contribution in [2.45, 2.75) is 55.9 Å². The highest BCUT2D eigenvalue weighted by Gasteiger charge is 2.17. The fraction of sp³-hybridized carbons (Fsp3) is 0.579. The van der Waals surface area contributed by atoms with Crippen molar-refractivity contribution >= 4 is 23.4 Å². The molecule has 2 aromatic rings. The molecule has 0 radical (unpaired) electrons. The summed E-state index contributed by atoms with van der Waals surface area (Å²) < 4.78 is 11.4. The van der Waals surface area contributed by atoms with Crippen molar-refractivity contribution in [2.24, 2.45) is 5.92 Å². The van der Waals surface area contributed by atoms with Crippen LogP contribution < -0.4 is 9.47 Å². The van der Waals surface area contributed by atoms with Gasteiger partial charge in [-0.2, -0.15) is 0 Å². The highest BCUT2D eigenvalue weighted by molar-refractivity contribution is 7.98. The van der Waals surface area contributed by atoms with Crippen LogP contribution in [-0.4, -0.2) is 28.4 Å². The normalized spacial score (nSPS) is 17.4. The number of ether oxygens (including phenoxy) is 2. The van der Waals surface area contributed by atoms with Crippen molar-refractivity contribution in [1.29, 1.82) is 0 Å². The summed E-state index contributed by atoms with van der Waals surface area (Å²) in [5.74, 6) is 4.01. The predicted octanol–water partition coefficient (Wildman–Crippen LogP) is 5.03. The number of hydrogen-bond acceptors (Lipinski definition) is 5. The van der Waals surface area contributed by atoms with Crippen LogP contribution in [-0.2, 0) is 12.2 Å². The minimum Gasteiger partial charge on any atom is -0.489 e. The van der Waals surface area contributed by atoms with Crippen LogP contribution in [0.2, 0.25) is 5.02 Å². The quantitative estimate of drug-likeness (QED) is 0.697. The van der Waals surface area contributed by atoms with Gasteiger partial charge in [0.15, 0.2) is 11.5 Å². The van der Waals surface area contributed by atoms with Gasteiger partial charge in [-0.3, -0.25) is 5.10 Å². The van der Waals surface area contributed by atoms with Crippen molar-refractivity contribution in [3.8, 4) is 11.5 Å². The summed E-state index contributed by atoms with van der Waals surface area (Å²) in [6.45, 7) is 1.30. The molecule has 26 heavy (non-hydrogen) atoms. The zero-order chi connectivity index (χ0) is 17.8. The van der Waals surface area contributed by atoms with Gasteiger partial charge in [0.1, 0.15) is 5.82 Å². The van der Waals surface area contributed by atoms with Gasteiger partial charge in [0.2, 0.25) is 5.16 Å². The Kier molecular flexibility index (Phi) is 5.90. The van der Waals surface area contributed by atoms with E-state index in [4.69, 9.17) is 21.1 Å². The molecular weight excluding hydrogens is 370 g/mol. The first-order chi connectivity index (χ1) is 12.8. The molecule has 0 bridgehead atoms. The third-order valence-electron chi connectivity index (χ3n) is 5.01. The molecule has 140 valence electrons. The van der Waals surface area contributed by atoms with E-state index in [1.54, 1.807) is 11.8 Å². The average Bonchev–Trinajstić information content (AvgIpc) is 3.26. The zero-order valence-corrected chi connectivity index (χ0v) is 16.4. The Bertz CT molecular complexity index is 746. The van der Waals surface area contributed by atoms with Gasteiger partial charge in [-0.25, -0.2) is 4.98 Å². The van der Waals surface area contributed by atoms with Gasteiger partial charge in [-0.15, -0.1) is 5.10 Å². The second-order valence-electron chi connectivity index (χ2n) is 7.00. The van der Waals surface area contributed by atoms with Gasteiger partial charge >= 0.3 is 0 Å². The minimum atomic E-state index is 0.604. The number of fused-ring (bicyclic) bond motifs is 1. The number of aryl methyl sites for hydroxylation is 1. The molecule has 1 N–H and O–H groups in total. The molecule has 1 fully saturated rings. The van der Waals surface area contributed by atoms with Gasteiger partial charge in [0.05, 0.1) is 18.2 Å². The first kappa shape index (κ1) is 18.0. The minimum absolute atomic E-state index is 0.604. The monoisotopic (exact) mass is 393 g/mol. The lowest BCUT2D eigenvalue weighted by molar-refractivity contribution is 0.297. The van der Waals surface area contributed by atoms with Gasteiger partial charge in [-0.1, -0.05) is 49.0 Å². The summed E-state index contributed by atoms with van der Waals surface area (Å²) in [5.41, 5.74) is 1.08. The Morgan fingerprint density at radius 2 is 2.00 bits per heavy atom. The highest BCUT2D eigenvalue weighted by atomic mass is 35.5. The van der Waals surface area contributed by atoms with Crippen LogP contribution in [0.25, 0.3) is 0 Å². The second-order valence-corrected chi connectivity index (χ2v) is 8.35. The van der Waals surface area contributed by atoms with Crippen LogP contribution >= 0.6 is 23.4 Å². The van der Waals surface area contributed by atoms with E-state index < -0.39 is 0 Å². The number of H-pyrrole nitrogens is 1. The van der Waals surface area contributed by atoms with Crippen LogP contribution in [0.3, 0.4) is 0 Å². The van der Waals surface area contributed by atoms with Crippen molar-refractivity contribution < 1.29 is 9.47 Å². The number of nitrogens with zero attached hydrogens (tertiary/aromatic N) is 2. The number of benzene rings is 1. The van der Waals surface area contributed by atoms with Gasteiger partial charge < -0.3 is 9.47 Å². The Balaban J connectivity index is 1.34.